The number of aromatic nitrogens is 2. The number of benzene rings is 3. The number of oxazole rings is 2. The minimum atomic E-state index is -0.648. The summed E-state index contributed by atoms with van der Waals surface area (Å²) in [5.74, 6) is 0.868. The summed E-state index contributed by atoms with van der Waals surface area (Å²) in [6.45, 7) is 17.3. The van der Waals surface area contributed by atoms with Crippen molar-refractivity contribution >= 4 is 52.1 Å². The van der Waals surface area contributed by atoms with E-state index in [9.17, 15) is 0 Å². The molecule has 0 N–H and O–H groups in total. The summed E-state index contributed by atoms with van der Waals surface area (Å²) in [5.41, 5.74) is 3.92. The van der Waals surface area contributed by atoms with Gasteiger partial charge in [0.2, 0.25) is 11.8 Å². The summed E-state index contributed by atoms with van der Waals surface area (Å²) in [4.78, 5) is 9.81. The Morgan fingerprint density at radius 2 is 1.45 bits per heavy atom. The van der Waals surface area contributed by atoms with Crippen LogP contribution in [0.5, 0.6) is 5.75 Å². The maximum atomic E-state index is 6.42. The zero-order chi connectivity index (χ0) is 37.3. The maximum Gasteiger partial charge on any atom is 0.231 e. The van der Waals surface area contributed by atoms with Crippen molar-refractivity contribution in [2.24, 2.45) is 0 Å². The molecule has 0 spiro atoms. The normalized spacial score (nSPS) is 21.7. The van der Waals surface area contributed by atoms with E-state index in [-0.39, 0.29) is 12.2 Å². The van der Waals surface area contributed by atoms with Crippen LogP contribution >= 0.6 is 0 Å². The lowest BCUT2D eigenvalue weighted by Crippen LogP contribution is -2.27. The van der Waals surface area contributed by atoms with Crippen LogP contribution < -0.4 is 25.6 Å². The van der Waals surface area contributed by atoms with Crippen LogP contribution in [-0.4, -0.2) is 60.2 Å². The molecule has 0 aliphatic carbocycles. The van der Waals surface area contributed by atoms with E-state index in [0.717, 1.165) is 38.4 Å². The predicted octanol–water partition coefficient (Wildman–Crippen LogP) is 6.34. The minimum Gasteiger partial charge on any atom is -0.490 e. The van der Waals surface area contributed by atoms with Gasteiger partial charge in [0.15, 0.2) is 22.7 Å². The van der Waals surface area contributed by atoms with E-state index in [2.05, 4.69) is 43.4 Å². The number of ether oxygens (including phenoxy) is 6. The molecular formula is C43H48N2O8. The molecule has 3 aromatic carbocycles. The molecule has 0 saturated carbocycles. The Bertz CT molecular complexity index is 2370. The van der Waals surface area contributed by atoms with Gasteiger partial charge in [-0.05, 0) is 100 Å². The van der Waals surface area contributed by atoms with Crippen molar-refractivity contribution in [3.05, 3.63) is 81.1 Å². The molecule has 10 heteroatoms. The third kappa shape index (κ3) is 8.11. The average molecular weight is 721 g/mol. The van der Waals surface area contributed by atoms with Crippen molar-refractivity contribution in [2.45, 2.75) is 85.6 Å². The fourth-order valence-corrected chi connectivity index (χ4v) is 6.64. The Hall–Kier alpha value is -4.74. The second-order valence-corrected chi connectivity index (χ2v) is 14.3. The molecule has 4 heterocycles. The molecule has 53 heavy (non-hydrogen) atoms. The van der Waals surface area contributed by atoms with Gasteiger partial charge in [-0.15, -0.1) is 0 Å². The molecule has 2 atom stereocenters. The van der Waals surface area contributed by atoms with Crippen LogP contribution in [0.4, 0.5) is 0 Å². The number of hydrogen-bond donors (Lipinski definition) is 0. The zero-order valence-electron chi connectivity index (χ0n) is 31.8. The second kappa shape index (κ2) is 14.9. The summed E-state index contributed by atoms with van der Waals surface area (Å²) < 4.78 is 49.1. The Labute approximate surface area is 309 Å². The molecular weight excluding hydrogens is 672 g/mol. The third-order valence-corrected chi connectivity index (χ3v) is 9.32. The molecule has 2 saturated heterocycles. The second-order valence-electron chi connectivity index (χ2n) is 14.3. The Morgan fingerprint density at radius 1 is 0.792 bits per heavy atom. The molecule has 2 aliphatic heterocycles. The van der Waals surface area contributed by atoms with Gasteiger partial charge in [-0.25, -0.2) is 9.97 Å². The molecule has 2 aliphatic rings. The first-order valence-corrected chi connectivity index (χ1v) is 18.3. The molecule has 7 rings (SSSR count). The van der Waals surface area contributed by atoms with Crippen molar-refractivity contribution in [3.63, 3.8) is 0 Å². The van der Waals surface area contributed by atoms with Crippen LogP contribution in [-0.2, 0) is 23.7 Å². The smallest absolute Gasteiger partial charge is 0.231 e. The lowest BCUT2D eigenvalue weighted by molar-refractivity contribution is -0.143. The van der Waals surface area contributed by atoms with Crippen molar-refractivity contribution in [1.82, 2.24) is 9.97 Å². The Balaban J connectivity index is 1.24. The van der Waals surface area contributed by atoms with Gasteiger partial charge < -0.3 is 37.3 Å². The summed E-state index contributed by atoms with van der Waals surface area (Å²) in [6.07, 6.45) is 8.81. The van der Waals surface area contributed by atoms with Gasteiger partial charge in [0.1, 0.15) is 48.0 Å². The van der Waals surface area contributed by atoms with E-state index in [4.69, 9.17) is 47.2 Å². The van der Waals surface area contributed by atoms with Crippen molar-refractivity contribution in [1.29, 1.82) is 0 Å². The quantitative estimate of drug-likeness (QED) is 0.152. The number of hydrogen-bond acceptors (Lipinski definition) is 10. The van der Waals surface area contributed by atoms with Crippen LogP contribution in [0.2, 0.25) is 0 Å². The lowest BCUT2D eigenvalue weighted by Gasteiger charge is -2.18. The van der Waals surface area contributed by atoms with Gasteiger partial charge in [0.05, 0.1) is 24.4 Å². The summed E-state index contributed by atoms with van der Waals surface area (Å²) >= 11 is 0. The highest BCUT2D eigenvalue weighted by molar-refractivity contribution is 5.91. The van der Waals surface area contributed by atoms with E-state index in [1.807, 2.05) is 84.9 Å². The van der Waals surface area contributed by atoms with E-state index in [1.165, 1.54) is 0 Å². The first-order chi connectivity index (χ1) is 25.4. The highest BCUT2D eigenvalue weighted by Gasteiger charge is 2.34. The largest absolute Gasteiger partial charge is 0.490 e. The van der Waals surface area contributed by atoms with Gasteiger partial charge in [0, 0.05) is 6.07 Å². The molecule has 278 valence electrons. The summed E-state index contributed by atoms with van der Waals surface area (Å²) in [7, 11) is 0. The number of nitrogens with zero attached hydrogens (tertiary/aromatic N) is 2. The van der Waals surface area contributed by atoms with E-state index in [1.54, 1.807) is 0 Å². The van der Waals surface area contributed by atoms with Crippen molar-refractivity contribution in [2.75, 3.05) is 26.4 Å². The molecule has 2 unspecified atom stereocenters. The minimum absolute atomic E-state index is 0.192. The molecule has 0 amide bonds. The van der Waals surface area contributed by atoms with Crippen molar-refractivity contribution in [3.8, 4) is 17.2 Å². The fraction of sp³-hybridized carbons (Fsp3) is 0.395. The van der Waals surface area contributed by atoms with Crippen LogP contribution in [0.3, 0.4) is 0 Å². The highest BCUT2D eigenvalue weighted by Crippen LogP contribution is 2.34. The number of rotatable bonds is 10. The first-order valence-electron chi connectivity index (χ1n) is 18.3. The molecule has 10 nitrogen and oxygen atoms in total. The Kier molecular flexibility index (Phi) is 10.3. The molecule has 5 aromatic rings. The van der Waals surface area contributed by atoms with Gasteiger partial charge in [0.25, 0.3) is 0 Å². The highest BCUT2D eigenvalue weighted by atomic mass is 16.8. The van der Waals surface area contributed by atoms with Gasteiger partial charge in [-0.3, -0.25) is 0 Å². The Morgan fingerprint density at radius 3 is 2.11 bits per heavy atom. The monoisotopic (exact) mass is 720 g/mol. The average Bonchev–Trinajstić information content (AvgIpc) is 3.92. The third-order valence-electron chi connectivity index (χ3n) is 9.32. The van der Waals surface area contributed by atoms with E-state index in [0.29, 0.717) is 71.9 Å². The van der Waals surface area contributed by atoms with Crippen molar-refractivity contribution < 1.29 is 37.3 Å². The summed E-state index contributed by atoms with van der Waals surface area (Å²) in [5, 5.41) is 4.24. The van der Waals surface area contributed by atoms with Gasteiger partial charge in [-0.1, -0.05) is 49.4 Å². The molecule has 0 bridgehead atoms. The fourth-order valence-electron chi connectivity index (χ4n) is 6.64. The predicted molar refractivity (Wildman–Crippen MR) is 205 cm³/mol. The van der Waals surface area contributed by atoms with Gasteiger partial charge >= 0.3 is 0 Å². The topological polar surface area (TPSA) is 107 Å². The molecule has 2 fully saturated rings. The van der Waals surface area contributed by atoms with Crippen LogP contribution in [0.1, 0.15) is 67.7 Å². The SMILES string of the molecule is C/C=c1/cccc/c1=C/C(OCC1COC(C)(C)O1)=C(\C)c1nc2cc3nc(-c4cc(=C/CC)/c(=C\C)cc4OCC4COC(C)(C)O4)oc3cc2o1. The summed E-state index contributed by atoms with van der Waals surface area (Å²) in [6, 6.07) is 16.0. The lowest BCUT2D eigenvalue weighted by atomic mass is 10.1. The molecule has 2 aromatic heterocycles. The van der Waals surface area contributed by atoms with E-state index < -0.39 is 11.6 Å². The molecule has 0 radical (unpaired) electrons. The number of fused-ring (bicyclic) bond motifs is 2. The van der Waals surface area contributed by atoms with Crippen LogP contribution in [0, 0.1) is 0 Å². The standard InChI is InChI=1S/C43H48N2O8/c1-9-14-29-17-33(37(18-28(29)11-3)47-23-32-25-49-43(7,8)53-32)41-45-35-20-34-38(21-39(35)51-41)50-40(44-34)26(4)36(19-30-16-13-12-15-27(30)10-2)46-22-31-24-48-42(5,6)52-31/h10-21,31-32H,9,22-25H2,1-8H3/b27-10-,28-11-,29-14-,30-19-,36-26-. The first kappa shape index (κ1) is 36.6. The van der Waals surface area contributed by atoms with Gasteiger partial charge in [-0.2, -0.15) is 0 Å². The zero-order valence-corrected chi connectivity index (χ0v) is 31.8. The maximum absolute atomic E-state index is 6.42. The van der Waals surface area contributed by atoms with Crippen LogP contribution in [0.25, 0.3) is 63.5 Å². The van der Waals surface area contributed by atoms with Crippen LogP contribution in [0.15, 0.2) is 63.1 Å². The number of allylic oxidation sites excluding steroid dienone is 2. The van der Waals surface area contributed by atoms with E-state index >= 15 is 0 Å².